The highest BCUT2D eigenvalue weighted by molar-refractivity contribution is 7.13. The molecule has 1 aromatic heterocycles. The number of hydrogen-bond donors (Lipinski definition) is 1. The van der Waals surface area contributed by atoms with Gasteiger partial charge in [0.15, 0.2) is 0 Å². The average Bonchev–Trinajstić information content (AvgIpc) is 2.90. The maximum absolute atomic E-state index is 10.9. The molecule has 0 amide bonds. The molecule has 1 atom stereocenters. The summed E-state index contributed by atoms with van der Waals surface area (Å²) in [5.74, 6) is 0.661. The van der Waals surface area contributed by atoms with Crippen LogP contribution < -0.4 is 5.32 Å². The molecule has 0 radical (unpaired) electrons. The lowest BCUT2D eigenvalue weighted by molar-refractivity contribution is -0.380. The van der Waals surface area contributed by atoms with Crippen LogP contribution in [-0.4, -0.2) is 36.0 Å². The van der Waals surface area contributed by atoms with Crippen LogP contribution >= 0.6 is 36.2 Å². The Morgan fingerprint density at radius 1 is 1.32 bits per heavy atom. The van der Waals surface area contributed by atoms with E-state index in [1.54, 1.807) is 6.07 Å². The predicted molar refractivity (Wildman–Crippen MR) is 96.7 cm³/mol. The Kier molecular flexibility index (Phi) is 10.2. The maximum Gasteiger partial charge on any atom is 0.324 e. The fourth-order valence-electron chi connectivity index (χ4n) is 2.65. The Morgan fingerprint density at radius 3 is 2.45 bits per heavy atom. The number of rotatable bonds is 6. The van der Waals surface area contributed by atoms with Gasteiger partial charge in [0.1, 0.15) is 0 Å². The van der Waals surface area contributed by atoms with E-state index in [4.69, 9.17) is 0 Å². The molecule has 0 spiro atoms. The number of nitrogens with zero attached hydrogens (tertiary/aromatic N) is 2. The summed E-state index contributed by atoms with van der Waals surface area (Å²) in [4.78, 5) is 13.0. The zero-order chi connectivity index (χ0) is 14.5. The molecule has 2 heterocycles. The molecular formula is C14H25Cl2N3O2S. The van der Waals surface area contributed by atoms with Gasteiger partial charge in [-0.05, 0) is 24.3 Å². The number of nitro groups is 1. The fourth-order valence-corrected chi connectivity index (χ4v) is 3.43. The molecule has 1 saturated heterocycles. The molecule has 0 aliphatic carbocycles. The van der Waals surface area contributed by atoms with Crippen molar-refractivity contribution in [2.75, 3.05) is 26.2 Å². The molecule has 1 aliphatic heterocycles. The summed E-state index contributed by atoms with van der Waals surface area (Å²) in [5.41, 5.74) is 1.12. The van der Waals surface area contributed by atoms with Gasteiger partial charge in [0.05, 0.1) is 4.92 Å². The van der Waals surface area contributed by atoms with Crippen molar-refractivity contribution < 1.29 is 4.92 Å². The number of hydrogen-bond acceptors (Lipinski definition) is 5. The summed E-state index contributed by atoms with van der Waals surface area (Å²) in [6.45, 7) is 8.50. The molecule has 128 valence electrons. The molecule has 2 rings (SSSR count). The quantitative estimate of drug-likeness (QED) is 0.610. The van der Waals surface area contributed by atoms with Gasteiger partial charge >= 0.3 is 5.00 Å². The topological polar surface area (TPSA) is 58.4 Å². The minimum absolute atomic E-state index is 0. The van der Waals surface area contributed by atoms with Gasteiger partial charge in [-0.25, -0.2) is 0 Å². The van der Waals surface area contributed by atoms with Crippen molar-refractivity contribution >= 4 is 41.2 Å². The Morgan fingerprint density at radius 2 is 1.95 bits per heavy atom. The van der Waals surface area contributed by atoms with Gasteiger partial charge in [0.2, 0.25) is 0 Å². The molecule has 0 unspecified atom stereocenters. The van der Waals surface area contributed by atoms with Crippen LogP contribution in [0.3, 0.4) is 0 Å². The molecular weight excluding hydrogens is 345 g/mol. The van der Waals surface area contributed by atoms with E-state index in [2.05, 4.69) is 24.1 Å². The van der Waals surface area contributed by atoms with Gasteiger partial charge in [-0.15, -0.1) is 24.8 Å². The number of piperazine rings is 1. The summed E-state index contributed by atoms with van der Waals surface area (Å²) < 4.78 is 0. The highest BCUT2D eigenvalue weighted by Gasteiger charge is 2.24. The van der Waals surface area contributed by atoms with E-state index < -0.39 is 0 Å². The molecule has 0 saturated carbocycles. The summed E-state index contributed by atoms with van der Waals surface area (Å²) in [5, 5.41) is 16.5. The third kappa shape index (κ3) is 6.01. The SMILES string of the molecule is CC(C)CC[C@@H](c1csc([N+](=O)[O-])c1)N1CCNCC1.Cl.Cl. The first kappa shape index (κ1) is 21.6. The van der Waals surface area contributed by atoms with E-state index in [0.29, 0.717) is 12.0 Å². The van der Waals surface area contributed by atoms with Gasteiger partial charge in [-0.2, -0.15) is 0 Å². The van der Waals surface area contributed by atoms with E-state index in [-0.39, 0.29) is 34.7 Å². The van der Waals surface area contributed by atoms with Gasteiger partial charge in [-0.1, -0.05) is 25.2 Å². The summed E-state index contributed by atoms with van der Waals surface area (Å²) in [6.07, 6.45) is 2.23. The fraction of sp³-hybridized carbons (Fsp3) is 0.714. The van der Waals surface area contributed by atoms with Gasteiger partial charge in [0, 0.05) is 43.7 Å². The second kappa shape index (κ2) is 10.4. The first-order valence-electron chi connectivity index (χ1n) is 7.25. The van der Waals surface area contributed by atoms with Gasteiger partial charge < -0.3 is 5.32 Å². The Labute approximate surface area is 148 Å². The molecule has 5 nitrogen and oxygen atoms in total. The van der Waals surface area contributed by atoms with Crippen LogP contribution in [0.2, 0.25) is 0 Å². The van der Waals surface area contributed by atoms with Gasteiger partial charge in [-0.3, -0.25) is 15.0 Å². The van der Waals surface area contributed by atoms with Crippen molar-refractivity contribution in [3.8, 4) is 0 Å². The van der Waals surface area contributed by atoms with Gasteiger partial charge in [0.25, 0.3) is 0 Å². The van der Waals surface area contributed by atoms with E-state index in [1.807, 2.05) is 5.38 Å². The summed E-state index contributed by atoms with van der Waals surface area (Å²) in [7, 11) is 0. The minimum Gasteiger partial charge on any atom is -0.314 e. The molecule has 1 N–H and O–H groups in total. The minimum atomic E-state index is -0.286. The van der Waals surface area contributed by atoms with Crippen LogP contribution in [0, 0.1) is 16.0 Å². The maximum atomic E-state index is 10.9. The average molecular weight is 370 g/mol. The molecule has 0 aromatic carbocycles. The molecule has 1 aliphatic rings. The van der Waals surface area contributed by atoms with E-state index >= 15 is 0 Å². The molecule has 1 fully saturated rings. The monoisotopic (exact) mass is 369 g/mol. The summed E-state index contributed by atoms with van der Waals surface area (Å²) in [6, 6.07) is 2.09. The van der Waals surface area contributed by atoms with Crippen molar-refractivity contribution in [2.45, 2.75) is 32.7 Å². The zero-order valence-electron chi connectivity index (χ0n) is 13.0. The van der Waals surface area contributed by atoms with Crippen LogP contribution in [-0.2, 0) is 0 Å². The van der Waals surface area contributed by atoms with Crippen molar-refractivity contribution in [1.82, 2.24) is 10.2 Å². The second-order valence-corrected chi connectivity index (χ2v) is 6.64. The Hall–Kier alpha value is -0.400. The van der Waals surface area contributed by atoms with E-state index in [9.17, 15) is 10.1 Å². The first-order valence-corrected chi connectivity index (χ1v) is 8.13. The zero-order valence-corrected chi connectivity index (χ0v) is 15.4. The van der Waals surface area contributed by atoms with Crippen molar-refractivity contribution in [3.05, 3.63) is 27.1 Å². The smallest absolute Gasteiger partial charge is 0.314 e. The molecule has 1 aromatic rings. The highest BCUT2D eigenvalue weighted by atomic mass is 35.5. The Bertz CT molecular complexity index is 451. The largest absolute Gasteiger partial charge is 0.324 e. The van der Waals surface area contributed by atoms with Crippen LogP contribution in [0.15, 0.2) is 11.4 Å². The summed E-state index contributed by atoms with van der Waals surface area (Å²) >= 11 is 1.24. The second-order valence-electron chi connectivity index (χ2n) is 5.75. The standard InChI is InChI=1S/C14H23N3O2S.2ClH/c1-11(2)3-4-13(16-7-5-15-6-8-16)12-9-14(17(18)19)20-10-12;;/h9-11,13,15H,3-8H2,1-2H3;2*1H/t13-;;/m0../s1. The molecule has 0 bridgehead atoms. The van der Waals surface area contributed by atoms with E-state index in [1.165, 1.54) is 11.3 Å². The lowest BCUT2D eigenvalue weighted by Crippen LogP contribution is -2.45. The molecule has 8 heteroatoms. The normalized spacial score (nSPS) is 16.7. The number of nitrogens with one attached hydrogen (secondary N) is 1. The lowest BCUT2D eigenvalue weighted by Gasteiger charge is -2.35. The third-order valence-electron chi connectivity index (χ3n) is 3.78. The van der Waals surface area contributed by atoms with Crippen molar-refractivity contribution in [3.63, 3.8) is 0 Å². The van der Waals surface area contributed by atoms with Crippen molar-refractivity contribution in [2.24, 2.45) is 5.92 Å². The van der Waals surface area contributed by atoms with Crippen molar-refractivity contribution in [1.29, 1.82) is 0 Å². The number of halogens is 2. The predicted octanol–water partition coefficient (Wildman–Crippen LogP) is 3.88. The van der Waals surface area contributed by atoms with Crippen LogP contribution in [0.4, 0.5) is 5.00 Å². The Balaban J connectivity index is 0.00000220. The lowest BCUT2D eigenvalue weighted by atomic mass is 9.97. The van der Waals surface area contributed by atoms with E-state index in [0.717, 1.165) is 44.6 Å². The highest BCUT2D eigenvalue weighted by Crippen LogP contribution is 2.33. The van der Waals surface area contributed by atoms with Crippen LogP contribution in [0.5, 0.6) is 0 Å². The molecule has 22 heavy (non-hydrogen) atoms. The first-order chi connectivity index (χ1) is 9.58. The van der Waals surface area contributed by atoms with Crippen LogP contribution in [0.25, 0.3) is 0 Å². The third-order valence-corrected chi connectivity index (χ3v) is 4.68. The number of thiophene rings is 1. The van der Waals surface area contributed by atoms with Crippen LogP contribution in [0.1, 0.15) is 38.3 Å².